The highest BCUT2D eigenvalue weighted by Gasteiger charge is 2.14. The van der Waals surface area contributed by atoms with E-state index >= 15 is 0 Å². The summed E-state index contributed by atoms with van der Waals surface area (Å²) in [5.74, 6) is 0. The Morgan fingerprint density at radius 2 is 1.95 bits per heavy atom. The van der Waals surface area contributed by atoms with E-state index in [0.717, 1.165) is 26.1 Å². The molecule has 0 unspecified atom stereocenters. The number of sulfonamides is 1. The average molecular weight is 317 g/mol. The van der Waals surface area contributed by atoms with Crippen molar-refractivity contribution in [3.05, 3.63) is 29.3 Å². The first kappa shape index (κ1) is 15.8. The quantitative estimate of drug-likeness (QED) is 0.820. The fraction of sp³-hybridized carbons (Fsp3) is 0.571. The van der Waals surface area contributed by atoms with Crippen LogP contribution < -0.4 is 4.72 Å². The number of hydrogen-bond donors (Lipinski definition) is 1. The summed E-state index contributed by atoms with van der Waals surface area (Å²) in [5.41, 5.74) is 0. The molecule has 2 rings (SSSR count). The van der Waals surface area contributed by atoms with Gasteiger partial charge in [-0.2, -0.15) is 0 Å². The molecule has 1 saturated heterocycles. The second kappa shape index (κ2) is 7.41. The van der Waals surface area contributed by atoms with E-state index in [0.29, 0.717) is 11.6 Å². The molecule has 0 spiro atoms. The average Bonchev–Trinajstić information content (AvgIpc) is 2.45. The summed E-state index contributed by atoms with van der Waals surface area (Å²) in [6.45, 7) is 3.70. The lowest BCUT2D eigenvalue weighted by Gasteiger charge is -2.26. The number of nitrogens with one attached hydrogen (secondary N) is 1. The van der Waals surface area contributed by atoms with Gasteiger partial charge in [0.15, 0.2) is 0 Å². The van der Waals surface area contributed by atoms with E-state index in [4.69, 9.17) is 11.6 Å². The SMILES string of the molecule is O=S(=O)(NCCCN1CCCCC1)c1cccc(Cl)c1. The summed E-state index contributed by atoms with van der Waals surface area (Å²) in [6.07, 6.45) is 4.67. The molecule has 1 aliphatic heterocycles. The summed E-state index contributed by atoms with van der Waals surface area (Å²) in [6, 6.07) is 6.33. The van der Waals surface area contributed by atoms with Crippen LogP contribution in [0.4, 0.5) is 0 Å². The van der Waals surface area contributed by atoms with Gasteiger partial charge in [-0.1, -0.05) is 24.1 Å². The first-order valence-electron chi connectivity index (χ1n) is 7.05. The van der Waals surface area contributed by atoms with Gasteiger partial charge < -0.3 is 4.90 Å². The second-order valence-corrected chi connectivity index (χ2v) is 7.31. The highest BCUT2D eigenvalue weighted by molar-refractivity contribution is 7.89. The Bertz CT molecular complexity index is 528. The van der Waals surface area contributed by atoms with Crippen molar-refractivity contribution in [1.82, 2.24) is 9.62 Å². The molecule has 0 atom stereocenters. The monoisotopic (exact) mass is 316 g/mol. The van der Waals surface area contributed by atoms with Gasteiger partial charge in [0.2, 0.25) is 10.0 Å². The van der Waals surface area contributed by atoms with Crippen LogP contribution in [0.15, 0.2) is 29.2 Å². The Hall–Kier alpha value is -0.620. The van der Waals surface area contributed by atoms with Crippen LogP contribution in [0.2, 0.25) is 5.02 Å². The summed E-state index contributed by atoms with van der Waals surface area (Å²) >= 11 is 5.81. The lowest BCUT2D eigenvalue weighted by molar-refractivity contribution is 0.227. The Kier molecular flexibility index (Phi) is 5.84. The molecule has 1 aliphatic rings. The molecule has 20 heavy (non-hydrogen) atoms. The van der Waals surface area contributed by atoms with Gasteiger partial charge in [0.05, 0.1) is 4.90 Å². The first-order chi connectivity index (χ1) is 9.58. The molecule has 0 saturated carbocycles. The molecule has 0 bridgehead atoms. The third kappa shape index (κ3) is 4.74. The molecule has 0 amide bonds. The molecule has 1 heterocycles. The first-order valence-corrected chi connectivity index (χ1v) is 8.92. The predicted octanol–water partition coefficient (Wildman–Crippen LogP) is 2.49. The summed E-state index contributed by atoms with van der Waals surface area (Å²) in [4.78, 5) is 2.62. The third-order valence-electron chi connectivity index (χ3n) is 3.50. The predicted molar refractivity (Wildman–Crippen MR) is 81.5 cm³/mol. The maximum absolute atomic E-state index is 12.1. The Balaban J connectivity index is 1.78. The minimum absolute atomic E-state index is 0.225. The molecule has 1 fully saturated rings. The largest absolute Gasteiger partial charge is 0.303 e. The number of hydrogen-bond acceptors (Lipinski definition) is 3. The van der Waals surface area contributed by atoms with Crippen molar-refractivity contribution in [2.24, 2.45) is 0 Å². The van der Waals surface area contributed by atoms with Crippen LogP contribution >= 0.6 is 11.6 Å². The molecule has 1 N–H and O–H groups in total. The number of likely N-dealkylation sites (tertiary alicyclic amines) is 1. The van der Waals surface area contributed by atoms with Crippen molar-refractivity contribution in [1.29, 1.82) is 0 Å². The van der Waals surface area contributed by atoms with E-state index < -0.39 is 10.0 Å². The number of benzene rings is 1. The Morgan fingerprint density at radius 3 is 2.65 bits per heavy atom. The van der Waals surface area contributed by atoms with E-state index in [2.05, 4.69) is 9.62 Å². The van der Waals surface area contributed by atoms with Crippen molar-refractivity contribution in [3.8, 4) is 0 Å². The smallest absolute Gasteiger partial charge is 0.240 e. The van der Waals surface area contributed by atoms with Crippen molar-refractivity contribution < 1.29 is 8.42 Å². The highest BCUT2D eigenvalue weighted by Crippen LogP contribution is 2.15. The normalized spacial score (nSPS) is 17.2. The summed E-state index contributed by atoms with van der Waals surface area (Å²) in [5, 5.41) is 0.432. The molecule has 1 aromatic rings. The van der Waals surface area contributed by atoms with Crippen LogP contribution in [0.3, 0.4) is 0 Å². The van der Waals surface area contributed by atoms with E-state index in [1.54, 1.807) is 18.2 Å². The van der Waals surface area contributed by atoms with Gasteiger partial charge in [-0.15, -0.1) is 0 Å². The van der Waals surface area contributed by atoms with Crippen molar-refractivity contribution in [2.45, 2.75) is 30.6 Å². The Labute approximate surface area is 126 Å². The maximum Gasteiger partial charge on any atom is 0.240 e. The van der Waals surface area contributed by atoms with Gasteiger partial charge in [0.25, 0.3) is 0 Å². The van der Waals surface area contributed by atoms with Gasteiger partial charge in [-0.05, 0) is 57.1 Å². The minimum Gasteiger partial charge on any atom is -0.303 e. The van der Waals surface area contributed by atoms with E-state index in [9.17, 15) is 8.42 Å². The van der Waals surface area contributed by atoms with Crippen LogP contribution in [0.1, 0.15) is 25.7 Å². The van der Waals surface area contributed by atoms with Crippen LogP contribution in [0.5, 0.6) is 0 Å². The van der Waals surface area contributed by atoms with E-state index in [1.165, 1.54) is 25.3 Å². The Morgan fingerprint density at radius 1 is 1.20 bits per heavy atom. The zero-order chi connectivity index (χ0) is 14.4. The van der Waals surface area contributed by atoms with Gasteiger partial charge in [-0.25, -0.2) is 13.1 Å². The molecule has 0 aliphatic carbocycles. The molecular weight excluding hydrogens is 296 g/mol. The molecule has 112 valence electrons. The van der Waals surface area contributed by atoms with Gasteiger partial charge in [0, 0.05) is 11.6 Å². The number of nitrogens with zero attached hydrogens (tertiary/aromatic N) is 1. The topological polar surface area (TPSA) is 49.4 Å². The van der Waals surface area contributed by atoms with E-state index in [1.807, 2.05) is 0 Å². The molecule has 6 heteroatoms. The van der Waals surface area contributed by atoms with E-state index in [-0.39, 0.29) is 4.90 Å². The molecule has 4 nitrogen and oxygen atoms in total. The molecular formula is C14H21ClN2O2S. The molecule has 0 radical (unpaired) electrons. The van der Waals surface area contributed by atoms with Crippen LogP contribution in [0, 0.1) is 0 Å². The van der Waals surface area contributed by atoms with Crippen LogP contribution in [-0.2, 0) is 10.0 Å². The minimum atomic E-state index is -3.44. The zero-order valence-corrected chi connectivity index (χ0v) is 13.1. The van der Waals surface area contributed by atoms with Gasteiger partial charge in [0.1, 0.15) is 0 Å². The standard InChI is InChI=1S/C14H21ClN2O2S/c15-13-6-4-7-14(12-13)20(18,19)16-8-5-11-17-9-2-1-3-10-17/h4,6-7,12,16H,1-3,5,8-11H2. The fourth-order valence-electron chi connectivity index (χ4n) is 2.41. The molecule has 1 aromatic carbocycles. The zero-order valence-electron chi connectivity index (χ0n) is 11.5. The number of halogens is 1. The van der Waals surface area contributed by atoms with Gasteiger partial charge >= 0.3 is 0 Å². The number of piperidine rings is 1. The highest BCUT2D eigenvalue weighted by atomic mass is 35.5. The van der Waals surface area contributed by atoms with Crippen molar-refractivity contribution >= 4 is 21.6 Å². The summed E-state index contributed by atoms with van der Waals surface area (Å²) in [7, 11) is -3.44. The van der Waals surface area contributed by atoms with Crippen molar-refractivity contribution in [2.75, 3.05) is 26.2 Å². The van der Waals surface area contributed by atoms with Crippen LogP contribution in [0.25, 0.3) is 0 Å². The van der Waals surface area contributed by atoms with Crippen LogP contribution in [-0.4, -0.2) is 39.5 Å². The molecule has 0 aromatic heterocycles. The second-order valence-electron chi connectivity index (χ2n) is 5.11. The van der Waals surface area contributed by atoms with Gasteiger partial charge in [-0.3, -0.25) is 0 Å². The third-order valence-corrected chi connectivity index (χ3v) is 5.19. The van der Waals surface area contributed by atoms with Crippen molar-refractivity contribution in [3.63, 3.8) is 0 Å². The number of rotatable bonds is 6. The lowest BCUT2D eigenvalue weighted by Crippen LogP contribution is -2.33. The fourth-order valence-corrected chi connectivity index (χ4v) is 3.78. The summed E-state index contributed by atoms with van der Waals surface area (Å²) < 4.78 is 26.7. The lowest BCUT2D eigenvalue weighted by atomic mass is 10.1. The maximum atomic E-state index is 12.1.